The third kappa shape index (κ3) is 2.85. The van der Waals surface area contributed by atoms with Crippen molar-refractivity contribution in [2.75, 3.05) is 5.32 Å². The maximum atomic E-state index is 13.1. The first-order chi connectivity index (χ1) is 12.4. The predicted octanol–water partition coefficient (Wildman–Crippen LogP) is 4.22. The van der Waals surface area contributed by atoms with Crippen LogP contribution in [0.25, 0.3) is 11.3 Å². The van der Waals surface area contributed by atoms with Gasteiger partial charge in [-0.2, -0.15) is 0 Å². The van der Waals surface area contributed by atoms with Gasteiger partial charge in [0.25, 0.3) is 5.91 Å². The predicted molar refractivity (Wildman–Crippen MR) is 87.3 cm³/mol. The summed E-state index contributed by atoms with van der Waals surface area (Å²) in [5.41, 5.74) is 1.65. The number of benzene rings is 2. The topological polar surface area (TPSA) is 73.6 Å². The highest BCUT2D eigenvalue weighted by Gasteiger charge is 2.43. The third-order valence-electron chi connectivity index (χ3n) is 3.80. The number of rotatable bonds is 3. The number of nitrogens with one attached hydrogen (secondary N) is 1. The Kier molecular flexibility index (Phi) is 3.61. The van der Waals surface area contributed by atoms with Gasteiger partial charge in [-0.3, -0.25) is 4.79 Å². The van der Waals surface area contributed by atoms with Crippen LogP contribution in [0.15, 0.2) is 53.1 Å². The minimum Gasteiger partial charge on any atom is -0.395 e. The van der Waals surface area contributed by atoms with Gasteiger partial charge in [0.15, 0.2) is 11.5 Å². The van der Waals surface area contributed by atoms with Gasteiger partial charge in [0.1, 0.15) is 17.0 Å². The Balaban J connectivity index is 1.62. The Bertz CT molecular complexity index is 986. The average Bonchev–Trinajstić information content (AvgIpc) is 3.13. The molecule has 6 nitrogen and oxygen atoms in total. The molecular weight excluding hydrogens is 346 g/mol. The maximum absolute atomic E-state index is 13.1. The first-order valence-electron chi connectivity index (χ1n) is 7.66. The summed E-state index contributed by atoms with van der Waals surface area (Å²) < 4.78 is 40.1. The molecule has 0 radical (unpaired) electrons. The highest BCUT2D eigenvalue weighted by atomic mass is 19.3. The third-order valence-corrected chi connectivity index (χ3v) is 3.80. The van der Waals surface area contributed by atoms with Gasteiger partial charge in [-0.15, -0.1) is 8.78 Å². The van der Waals surface area contributed by atoms with Gasteiger partial charge in [-0.05, 0) is 19.1 Å². The van der Waals surface area contributed by atoms with E-state index in [0.29, 0.717) is 11.5 Å². The van der Waals surface area contributed by atoms with Gasteiger partial charge in [-0.25, -0.2) is 0 Å². The van der Waals surface area contributed by atoms with Crippen LogP contribution in [0.2, 0.25) is 0 Å². The van der Waals surface area contributed by atoms with Gasteiger partial charge in [0.05, 0.1) is 0 Å². The Morgan fingerprint density at radius 2 is 1.81 bits per heavy atom. The lowest BCUT2D eigenvalue weighted by molar-refractivity contribution is -0.286. The molecule has 2 heterocycles. The monoisotopic (exact) mass is 358 g/mol. The molecule has 26 heavy (non-hydrogen) atoms. The molecule has 0 aliphatic carbocycles. The minimum absolute atomic E-state index is 0.0980. The molecule has 0 atom stereocenters. The van der Waals surface area contributed by atoms with E-state index in [1.54, 1.807) is 19.1 Å². The van der Waals surface area contributed by atoms with Gasteiger partial charge >= 0.3 is 6.29 Å². The van der Waals surface area contributed by atoms with Gasteiger partial charge in [0, 0.05) is 17.3 Å². The summed E-state index contributed by atoms with van der Waals surface area (Å²) in [5.74, 6) is -0.390. The normalized spacial score (nSPS) is 14.3. The molecule has 1 amide bonds. The molecule has 8 heteroatoms. The number of carbonyl (C=O) groups excluding carboxylic acids is 1. The quantitative estimate of drug-likeness (QED) is 0.759. The second-order valence-electron chi connectivity index (χ2n) is 5.61. The number of aryl methyl sites for hydroxylation is 1. The van der Waals surface area contributed by atoms with Crippen LogP contribution in [-0.4, -0.2) is 17.4 Å². The fourth-order valence-electron chi connectivity index (χ4n) is 2.65. The zero-order chi connectivity index (χ0) is 18.3. The molecule has 1 aromatic heterocycles. The fraction of sp³-hybridized carbons (Fsp3) is 0.111. The van der Waals surface area contributed by atoms with E-state index >= 15 is 0 Å². The SMILES string of the molecule is Cc1onc(-c2ccccc2)c1C(=O)Nc1ccc2c(c1)OC(F)(F)O2. The van der Waals surface area contributed by atoms with E-state index < -0.39 is 12.2 Å². The minimum atomic E-state index is -3.71. The number of hydrogen-bond donors (Lipinski definition) is 1. The molecule has 4 rings (SSSR count). The number of ether oxygens (including phenoxy) is 2. The van der Waals surface area contributed by atoms with Crippen molar-refractivity contribution in [1.82, 2.24) is 5.16 Å². The molecule has 3 aromatic rings. The van der Waals surface area contributed by atoms with E-state index in [4.69, 9.17) is 4.52 Å². The van der Waals surface area contributed by atoms with Gasteiger partial charge in [0.2, 0.25) is 0 Å². The van der Waals surface area contributed by atoms with E-state index in [9.17, 15) is 13.6 Å². The Morgan fingerprint density at radius 3 is 2.58 bits per heavy atom. The molecule has 1 aliphatic heterocycles. The first kappa shape index (κ1) is 16.1. The van der Waals surface area contributed by atoms with Crippen molar-refractivity contribution in [1.29, 1.82) is 0 Å². The lowest BCUT2D eigenvalue weighted by Gasteiger charge is -2.06. The number of halogens is 2. The zero-order valence-electron chi connectivity index (χ0n) is 13.5. The van der Waals surface area contributed by atoms with Gasteiger partial charge in [-0.1, -0.05) is 35.5 Å². The molecule has 2 aromatic carbocycles. The van der Waals surface area contributed by atoms with Gasteiger partial charge < -0.3 is 19.3 Å². The molecular formula is C18H12F2N2O4. The number of carbonyl (C=O) groups is 1. The summed E-state index contributed by atoms with van der Waals surface area (Å²) in [6, 6.07) is 13.1. The van der Waals surface area contributed by atoms with Crippen LogP contribution in [-0.2, 0) is 0 Å². The summed E-state index contributed by atoms with van der Waals surface area (Å²) in [6.45, 7) is 1.62. The number of fused-ring (bicyclic) bond motifs is 1. The molecule has 0 unspecified atom stereocenters. The Morgan fingerprint density at radius 1 is 1.08 bits per heavy atom. The van der Waals surface area contributed by atoms with Crippen LogP contribution in [0.3, 0.4) is 0 Å². The van der Waals surface area contributed by atoms with Crippen LogP contribution in [0.4, 0.5) is 14.5 Å². The summed E-state index contributed by atoms with van der Waals surface area (Å²) in [4.78, 5) is 12.7. The molecule has 1 N–H and O–H groups in total. The lowest BCUT2D eigenvalue weighted by atomic mass is 10.1. The second kappa shape index (κ2) is 5.83. The van der Waals surface area contributed by atoms with E-state index in [-0.39, 0.29) is 22.7 Å². The van der Waals surface area contributed by atoms with E-state index in [1.807, 2.05) is 18.2 Å². The van der Waals surface area contributed by atoms with Crippen LogP contribution in [0, 0.1) is 6.92 Å². The molecule has 0 saturated carbocycles. The number of aromatic nitrogens is 1. The standard InChI is InChI=1S/C18H12F2N2O4/c1-10-15(16(22-26-10)11-5-3-2-4-6-11)17(23)21-12-7-8-13-14(9-12)25-18(19,20)24-13/h2-9H,1H3,(H,21,23). The van der Waals surface area contributed by atoms with Crippen molar-refractivity contribution in [3.05, 3.63) is 59.9 Å². The maximum Gasteiger partial charge on any atom is 0.586 e. The Hall–Kier alpha value is -3.42. The summed E-state index contributed by atoms with van der Waals surface area (Å²) in [5, 5.41) is 6.58. The van der Waals surface area contributed by atoms with Crippen molar-refractivity contribution in [3.8, 4) is 22.8 Å². The average molecular weight is 358 g/mol. The van der Waals surface area contributed by atoms with Crippen molar-refractivity contribution in [3.63, 3.8) is 0 Å². The van der Waals surface area contributed by atoms with Crippen LogP contribution in [0.5, 0.6) is 11.5 Å². The zero-order valence-corrected chi connectivity index (χ0v) is 13.5. The molecule has 0 bridgehead atoms. The molecule has 0 spiro atoms. The number of anilines is 1. The van der Waals surface area contributed by atoms with Crippen LogP contribution >= 0.6 is 0 Å². The summed E-state index contributed by atoms with van der Waals surface area (Å²) in [6.07, 6.45) is -3.71. The van der Waals surface area contributed by atoms with Crippen molar-refractivity contribution in [2.24, 2.45) is 0 Å². The molecule has 1 aliphatic rings. The summed E-state index contributed by atoms with van der Waals surface area (Å²) in [7, 11) is 0. The number of amides is 1. The van der Waals surface area contributed by atoms with E-state index in [0.717, 1.165) is 5.56 Å². The molecule has 132 valence electrons. The largest absolute Gasteiger partial charge is 0.586 e. The van der Waals surface area contributed by atoms with E-state index in [2.05, 4.69) is 19.9 Å². The Labute approximate surface area is 146 Å². The number of alkyl halides is 2. The lowest BCUT2D eigenvalue weighted by Crippen LogP contribution is -2.25. The van der Waals surface area contributed by atoms with Crippen molar-refractivity contribution >= 4 is 11.6 Å². The smallest absolute Gasteiger partial charge is 0.395 e. The summed E-state index contributed by atoms with van der Waals surface area (Å²) >= 11 is 0. The molecule has 0 saturated heterocycles. The van der Waals surface area contributed by atoms with Crippen molar-refractivity contribution in [2.45, 2.75) is 13.2 Å². The van der Waals surface area contributed by atoms with Crippen LogP contribution in [0.1, 0.15) is 16.1 Å². The highest BCUT2D eigenvalue weighted by molar-refractivity contribution is 6.08. The fourth-order valence-corrected chi connectivity index (χ4v) is 2.65. The highest BCUT2D eigenvalue weighted by Crippen LogP contribution is 2.42. The second-order valence-corrected chi connectivity index (χ2v) is 5.61. The van der Waals surface area contributed by atoms with E-state index in [1.165, 1.54) is 18.2 Å². The number of hydrogen-bond acceptors (Lipinski definition) is 5. The molecule has 0 fully saturated rings. The van der Waals surface area contributed by atoms with Crippen molar-refractivity contribution < 1.29 is 27.6 Å². The van der Waals surface area contributed by atoms with Crippen LogP contribution < -0.4 is 14.8 Å². The number of nitrogens with zero attached hydrogens (tertiary/aromatic N) is 1. The first-order valence-corrected chi connectivity index (χ1v) is 7.66.